The summed E-state index contributed by atoms with van der Waals surface area (Å²) < 4.78 is 0. The van der Waals surface area contributed by atoms with E-state index in [1.807, 2.05) is 13.8 Å². The van der Waals surface area contributed by atoms with E-state index in [0.29, 0.717) is 12.3 Å². The molecule has 0 aliphatic carbocycles. The monoisotopic (exact) mass is 231 g/mol. The third-order valence-electron chi connectivity index (χ3n) is 1.52. The van der Waals surface area contributed by atoms with Gasteiger partial charge in [-0.05, 0) is 0 Å². The second kappa shape index (κ2) is 7.28. The molecule has 3 N–H and O–H groups in total. The smallest absolute Gasteiger partial charge is 0.243 e. The van der Waals surface area contributed by atoms with Gasteiger partial charge >= 0.3 is 0 Å². The number of nitrogens with zero attached hydrogens (tertiary/aromatic N) is 1. The van der Waals surface area contributed by atoms with Gasteiger partial charge in [-0.1, -0.05) is 13.8 Å². The standard InChI is InChI=1S/C7H11N3O2S.C2H6/c1-4(11)9-2-6-10-5(3-13-6)7(8)12;1-2/h5H,2-3H2,1H3,(H2,8,12)(H,9,11);1-2H3. The summed E-state index contributed by atoms with van der Waals surface area (Å²) in [5.41, 5.74) is 5.07. The summed E-state index contributed by atoms with van der Waals surface area (Å²) in [7, 11) is 0. The molecule has 0 bridgehead atoms. The lowest BCUT2D eigenvalue weighted by Gasteiger charge is -1.98. The predicted octanol–water partition coefficient (Wildman–Crippen LogP) is 0.148. The minimum absolute atomic E-state index is 0.106. The van der Waals surface area contributed by atoms with Crippen LogP contribution in [-0.4, -0.2) is 35.2 Å². The van der Waals surface area contributed by atoms with Crippen LogP contribution in [0.4, 0.5) is 0 Å². The number of nitrogens with two attached hydrogens (primary N) is 1. The van der Waals surface area contributed by atoms with Crippen molar-refractivity contribution in [3.63, 3.8) is 0 Å². The molecule has 1 unspecified atom stereocenters. The van der Waals surface area contributed by atoms with E-state index in [0.717, 1.165) is 5.04 Å². The second-order valence-corrected chi connectivity index (χ2v) is 3.76. The molecule has 1 heterocycles. The van der Waals surface area contributed by atoms with Crippen LogP contribution < -0.4 is 11.1 Å². The van der Waals surface area contributed by atoms with Gasteiger partial charge in [-0.25, -0.2) is 0 Å². The molecule has 2 amide bonds. The van der Waals surface area contributed by atoms with Crippen molar-refractivity contribution in [3.8, 4) is 0 Å². The highest BCUT2D eigenvalue weighted by molar-refractivity contribution is 8.14. The molecule has 15 heavy (non-hydrogen) atoms. The summed E-state index contributed by atoms with van der Waals surface area (Å²) in [6.45, 7) is 5.83. The minimum atomic E-state index is -0.422. The lowest BCUT2D eigenvalue weighted by molar-refractivity contribution is -0.119. The van der Waals surface area contributed by atoms with Crippen molar-refractivity contribution in [3.05, 3.63) is 0 Å². The van der Waals surface area contributed by atoms with E-state index in [9.17, 15) is 9.59 Å². The first kappa shape index (κ1) is 14.0. The Hall–Kier alpha value is -1.04. The molecule has 0 spiro atoms. The predicted molar refractivity (Wildman–Crippen MR) is 62.9 cm³/mol. The molecule has 0 fully saturated rings. The van der Waals surface area contributed by atoms with Crippen molar-refractivity contribution in [2.24, 2.45) is 10.7 Å². The van der Waals surface area contributed by atoms with Crippen molar-refractivity contribution in [1.82, 2.24) is 5.32 Å². The Morgan fingerprint density at radius 2 is 2.20 bits per heavy atom. The molecule has 0 aromatic rings. The zero-order chi connectivity index (χ0) is 11.8. The molecule has 1 atom stereocenters. The summed E-state index contributed by atoms with van der Waals surface area (Å²) in [5, 5.41) is 3.37. The van der Waals surface area contributed by atoms with Gasteiger partial charge in [0.15, 0.2) is 0 Å². The first-order valence-electron chi connectivity index (χ1n) is 4.83. The van der Waals surface area contributed by atoms with Gasteiger partial charge in [0.05, 0.1) is 11.6 Å². The van der Waals surface area contributed by atoms with Gasteiger partial charge < -0.3 is 11.1 Å². The summed E-state index contributed by atoms with van der Waals surface area (Å²) in [6.07, 6.45) is 0. The molecule has 0 radical (unpaired) electrons. The van der Waals surface area contributed by atoms with E-state index < -0.39 is 11.9 Å². The molecule has 5 nitrogen and oxygen atoms in total. The molecule has 1 aliphatic heterocycles. The summed E-state index contributed by atoms with van der Waals surface area (Å²) in [5.74, 6) is 0.0701. The quantitative estimate of drug-likeness (QED) is 0.725. The highest BCUT2D eigenvalue weighted by atomic mass is 32.2. The fourth-order valence-corrected chi connectivity index (χ4v) is 1.83. The van der Waals surface area contributed by atoms with E-state index in [4.69, 9.17) is 5.73 Å². The highest BCUT2D eigenvalue weighted by Gasteiger charge is 2.22. The number of thioether (sulfide) groups is 1. The van der Waals surface area contributed by atoms with Crippen LogP contribution in [0.2, 0.25) is 0 Å². The molecule has 1 rings (SSSR count). The van der Waals surface area contributed by atoms with Crippen LogP contribution in [-0.2, 0) is 9.59 Å². The van der Waals surface area contributed by atoms with Crippen LogP contribution in [0.3, 0.4) is 0 Å². The van der Waals surface area contributed by atoms with E-state index in [1.165, 1.54) is 18.7 Å². The first-order valence-corrected chi connectivity index (χ1v) is 5.81. The number of amides is 2. The Morgan fingerprint density at radius 1 is 1.60 bits per heavy atom. The minimum Gasteiger partial charge on any atom is -0.368 e. The van der Waals surface area contributed by atoms with Gasteiger partial charge in [-0.15, -0.1) is 11.8 Å². The van der Waals surface area contributed by atoms with Crippen molar-refractivity contribution >= 4 is 28.6 Å². The first-order chi connectivity index (χ1) is 7.09. The lowest BCUT2D eigenvalue weighted by Crippen LogP contribution is -2.27. The van der Waals surface area contributed by atoms with Crippen molar-refractivity contribution in [2.45, 2.75) is 26.8 Å². The number of carbonyl (C=O) groups is 2. The number of nitrogens with one attached hydrogen (secondary N) is 1. The third kappa shape index (κ3) is 5.41. The normalized spacial score (nSPS) is 18.6. The zero-order valence-electron chi connectivity index (χ0n) is 9.24. The Labute approximate surface area is 93.9 Å². The van der Waals surface area contributed by atoms with E-state index >= 15 is 0 Å². The Bertz CT molecular complexity index is 266. The SMILES string of the molecule is CC.CC(=O)NCC1=NC(C(N)=O)CS1. The average molecular weight is 231 g/mol. The number of hydrogen-bond donors (Lipinski definition) is 2. The molecule has 6 heteroatoms. The molecule has 86 valence electrons. The Kier molecular flexibility index (Phi) is 6.77. The van der Waals surface area contributed by atoms with Gasteiger partial charge in [0.1, 0.15) is 6.04 Å². The van der Waals surface area contributed by atoms with Gasteiger partial charge in [0.25, 0.3) is 0 Å². The Balaban J connectivity index is 0.000000921. The molecule has 1 aliphatic rings. The van der Waals surface area contributed by atoms with Crippen LogP contribution in [0, 0.1) is 0 Å². The lowest BCUT2D eigenvalue weighted by atomic mass is 10.3. The summed E-state index contributed by atoms with van der Waals surface area (Å²) in [6, 6.07) is -0.422. The summed E-state index contributed by atoms with van der Waals surface area (Å²) in [4.78, 5) is 25.3. The maximum atomic E-state index is 10.7. The van der Waals surface area contributed by atoms with Crippen molar-refractivity contribution in [2.75, 3.05) is 12.3 Å². The van der Waals surface area contributed by atoms with Gasteiger partial charge in [0.2, 0.25) is 11.8 Å². The van der Waals surface area contributed by atoms with Crippen LogP contribution in [0.1, 0.15) is 20.8 Å². The second-order valence-electron chi connectivity index (χ2n) is 2.66. The van der Waals surface area contributed by atoms with Crippen molar-refractivity contribution in [1.29, 1.82) is 0 Å². The molecule has 0 saturated heterocycles. The maximum absolute atomic E-state index is 10.7. The zero-order valence-corrected chi connectivity index (χ0v) is 10.1. The molecule has 0 aromatic heterocycles. The van der Waals surface area contributed by atoms with Crippen LogP contribution in [0.5, 0.6) is 0 Å². The fraction of sp³-hybridized carbons (Fsp3) is 0.667. The maximum Gasteiger partial charge on any atom is 0.243 e. The summed E-state index contributed by atoms with van der Waals surface area (Å²) >= 11 is 1.46. The number of hydrogen-bond acceptors (Lipinski definition) is 4. The molecular weight excluding hydrogens is 214 g/mol. The van der Waals surface area contributed by atoms with Gasteiger partial charge in [-0.2, -0.15) is 0 Å². The highest BCUT2D eigenvalue weighted by Crippen LogP contribution is 2.16. The van der Waals surface area contributed by atoms with Crippen LogP contribution >= 0.6 is 11.8 Å². The molecule has 0 saturated carbocycles. The van der Waals surface area contributed by atoms with Crippen LogP contribution in [0.25, 0.3) is 0 Å². The van der Waals surface area contributed by atoms with E-state index in [1.54, 1.807) is 0 Å². The number of rotatable bonds is 3. The van der Waals surface area contributed by atoms with E-state index in [2.05, 4.69) is 10.3 Å². The molecular formula is C9H17N3O2S. The third-order valence-corrected chi connectivity index (χ3v) is 2.59. The molecule has 0 aromatic carbocycles. The number of aliphatic imine (C=N–C) groups is 1. The Morgan fingerprint density at radius 3 is 2.60 bits per heavy atom. The number of carbonyl (C=O) groups excluding carboxylic acids is 2. The van der Waals surface area contributed by atoms with E-state index in [-0.39, 0.29) is 5.91 Å². The van der Waals surface area contributed by atoms with Gasteiger partial charge in [0, 0.05) is 12.7 Å². The van der Waals surface area contributed by atoms with Crippen molar-refractivity contribution < 1.29 is 9.59 Å². The van der Waals surface area contributed by atoms with Gasteiger partial charge in [-0.3, -0.25) is 14.6 Å². The van der Waals surface area contributed by atoms with Crippen LogP contribution in [0.15, 0.2) is 4.99 Å². The average Bonchev–Trinajstić information content (AvgIpc) is 2.66. The fourth-order valence-electron chi connectivity index (χ4n) is 0.866. The topological polar surface area (TPSA) is 84.6 Å². The number of primary amides is 1. The largest absolute Gasteiger partial charge is 0.368 e.